The third-order valence-electron chi connectivity index (χ3n) is 4.72. The molecule has 0 radical (unpaired) electrons. The van der Waals surface area contributed by atoms with Crippen molar-refractivity contribution in [1.29, 1.82) is 0 Å². The molecule has 2 aromatic carbocycles. The Labute approximate surface area is 172 Å². The molecule has 2 heterocycles. The van der Waals surface area contributed by atoms with E-state index in [1.54, 1.807) is 12.3 Å². The van der Waals surface area contributed by atoms with E-state index in [9.17, 15) is 14.0 Å². The number of rotatable bonds is 5. The lowest BCUT2D eigenvalue weighted by atomic mass is 9.99. The average molecular weight is 407 g/mol. The number of imide groups is 1. The lowest BCUT2D eigenvalue weighted by Crippen LogP contribution is -2.31. The van der Waals surface area contributed by atoms with Crippen LogP contribution in [0.15, 0.2) is 70.2 Å². The fourth-order valence-corrected chi connectivity index (χ4v) is 4.35. The number of benzene rings is 2. The topological polar surface area (TPSA) is 50.5 Å². The zero-order valence-electron chi connectivity index (χ0n) is 15.9. The van der Waals surface area contributed by atoms with Crippen molar-refractivity contribution in [2.45, 2.75) is 19.6 Å². The Hall–Kier alpha value is -3.12. The van der Waals surface area contributed by atoms with Gasteiger partial charge in [-0.1, -0.05) is 23.8 Å². The molecule has 0 aliphatic carbocycles. The Kier molecular flexibility index (Phi) is 5.11. The molecule has 0 saturated heterocycles. The molecule has 4 rings (SSSR count). The number of hydrogen-bond donors (Lipinski definition) is 0. The van der Waals surface area contributed by atoms with Gasteiger partial charge in [0.25, 0.3) is 11.8 Å². The first-order valence-electron chi connectivity index (χ1n) is 9.07. The Morgan fingerprint density at radius 3 is 2.41 bits per heavy atom. The van der Waals surface area contributed by atoms with Crippen LogP contribution in [0.3, 0.4) is 0 Å². The van der Waals surface area contributed by atoms with E-state index in [0.717, 1.165) is 21.6 Å². The maximum absolute atomic E-state index is 13.3. The molecule has 0 unspecified atom stereocenters. The molecule has 0 bridgehead atoms. The summed E-state index contributed by atoms with van der Waals surface area (Å²) >= 11 is 1.27. The van der Waals surface area contributed by atoms with Crippen LogP contribution in [0.1, 0.15) is 22.5 Å². The van der Waals surface area contributed by atoms with Crippen LogP contribution in [0.2, 0.25) is 0 Å². The monoisotopic (exact) mass is 407 g/mol. The number of nitrogens with zero attached hydrogens (tertiary/aromatic N) is 1. The van der Waals surface area contributed by atoms with Crippen molar-refractivity contribution in [3.63, 3.8) is 0 Å². The lowest BCUT2D eigenvalue weighted by molar-refractivity contribution is -0.119. The van der Waals surface area contributed by atoms with E-state index >= 15 is 0 Å². The van der Waals surface area contributed by atoms with Crippen LogP contribution >= 0.6 is 11.8 Å². The van der Waals surface area contributed by atoms with Gasteiger partial charge >= 0.3 is 0 Å². The third-order valence-corrected chi connectivity index (χ3v) is 5.81. The van der Waals surface area contributed by atoms with E-state index in [1.807, 2.05) is 38.1 Å². The molecule has 0 fully saturated rings. The molecule has 0 spiro atoms. The maximum atomic E-state index is 13.3. The normalized spacial score (nSPS) is 14.2. The van der Waals surface area contributed by atoms with E-state index in [1.165, 1.54) is 36.0 Å². The summed E-state index contributed by atoms with van der Waals surface area (Å²) in [5.41, 5.74) is 3.42. The minimum Gasteiger partial charge on any atom is -0.468 e. The van der Waals surface area contributed by atoms with E-state index in [0.29, 0.717) is 27.7 Å². The molecule has 29 heavy (non-hydrogen) atoms. The highest BCUT2D eigenvalue weighted by atomic mass is 32.2. The first kappa shape index (κ1) is 19.2. The number of furan rings is 1. The molecule has 1 aliphatic heterocycles. The molecule has 0 saturated carbocycles. The van der Waals surface area contributed by atoms with Crippen LogP contribution in [0, 0.1) is 19.7 Å². The molecule has 146 valence electrons. The van der Waals surface area contributed by atoms with Crippen LogP contribution in [0.4, 0.5) is 10.1 Å². The highest BCUT2D eigenvalue weighted by molar-refractivity contribution is 8.03. The second kappa shape index (κ2) is 7.72. The summed E-state index contributed by atoms with van der Waals surface area (Å²) in [6.07, 6.45) is 1.57. The van der Waals surface area contributed by atoms with Crippen molar-refractivity contribution in [2.75, 3.05) is 4.90 Å². The third kappa shape index (κ3) is 3.63. The van der Waals surface area contributed by atoms with Gasteiger partial charge in [-0.2, -0.15) is 0 Å². The summed E-state index contributed by atoms with van der Waals surface area (Å²) < 4.78 is 18.7. The lowest BCUT2D eigenvalue weighted by Gasteiger charge is -2.15. The van der Waals surface area contributed by atoms with Crippen LogP contribution in [-0.2, 0) is 15.3 Å². The van der Waals surface area contributed by atoms with Crippen molar-refractivity contribution in [3.05, 3.63) is 94.0 Å². The standard InChI is InChI=1S/C23H18FNO3S/c1-14-5-10-19(15(2)12-14)20-21(29-13-18-4-3-11-28-18)23(27)25(22(20)26)17-8-6-16(24)7-9-17/h3-12H,13H2,1-2H3. The van der Waals surface area contributed by atoms with Crippen molar-refractivity contribution in [2.24, 2.45) is 0 Å². The summed E-state index contributed by atoms with van der Waals surface area (Å²) in [6, 6.07) is 14.7. The maximum Gasteiger partial charge on any atom is 0.272 e. The van der Waals surface area contributed by atoms with E-state index in [2.05, 4.69) is 0 Å². The fourth-order valence-electron chi connectivity index (χ4n) is 3.34. The van der Waals surface area contributed by atoms with Crippen molar-refractivity contribution in [3.8, 4) is 0 Å². The molecule has 0 N–H and O–H groups in total. The van der Waals surface area contributed by atoms with Gasteiger partial charge in [0.1, 0.15) is 11.6 Å². The molecule has 4 nitrogen and oxygen atoms in total. The summed E-state index contributed by atoms with van der Waals surface area (Å²) in [5.74, 6) is -0.109. The predicted octanol–water partition coefficient (Wildman–Crippen LogP) is 5.25. The van der Waals surface area contributed by atoms with Gasteiger partial charge in [-0.3, -0.25) is 9.59 Å². The molecule has 1 aliphatic rings. The Morgan fingerprint density at radius 2 is 1.76 bits per heavy atom. The summed E-state index contributed by atoms with van der Waals surface area (Å²) in [6.45, 7) is 3.90. The van der Waals surface area contributed by atoms with Gasteiger partial charge in [0, 0.05) is 0 Å². The summed E-state index contributed by atoms with van der Waals surface area (Å²) in [7, 11) is 0. The molecular formula is C23H18FNO3S. The van der Waals surface area contributed by atoms with Crippen molar-refractivity contribution in [1.82, 2.24) is 0 Å². The van der Waals surface area contributed by atoms with Crippen LogP contribution in [0.5, 0.6) is 0 Å². The zero-order chi connectivity index (χ0) is 20.5. The van der Waals surface area contributed by atoms with Gasteiger partial charge in [0.05, 0.1) is 28.2 Å². The number of halogens is 1. The van der Waals surface area contributed by atoms with E-state index in [-0.39, 0.29) is 0 Å². The SMILES string of the molecule is Cc1ccc(C2=C(SCc3ccco3)C(=O)N(c3ccc(F)cc3)C2=O)c(C)c1. The first-order valence-corrected chi connectivity index (χ1v) is 10.1. The average Bonchev–Trinajstić information content (AvgIpc) is 3.28. The van der Waals surface area contributed by atoms with Crippen LogP contribution in [-0.4, -0.2) is 11.8 Å². The smallest absolute Gasteiger partial charge is 0.272 e. The zero-order valence-corrected chi connectivity index (χ0v) is 16.8. The van der Waals surface area contributed by atoms with E-state index < -0.39 is 17.6 Å². The molecule has 2 amide bonds. The molecule has 3 aromatic rings. The van der Waals surface area contributed by atoms with Gasteiger partial charge in [-0.05, 0) is 61.4 Å². The number of hydrogen-bond acceptors (Lipinski definition) is 4. The van der Waals surface area contributed by atoms with Crippen molar-refractivity contribution >= 4 is 34.8 Å². The molecule has 0 atom stereocenters. The van der Waals surface area contributed by atoms with Crippen LogP contribution < -0.4 is 4.90 Å². The molecular weight excluding hydrogens is 389 g/mol. The first-order chi connectivity index (χ1) is 14.0. The summed E-state index contributed by atoms with van der Waals surface area (Å²) in [5, 5.41) is 0. The fraction of sp³-hybridized carbons (Fsp3) is 0.130. The van der Waals surface area contributed by atoms with Crippen molar-refractivity contribution < 1.29 is 18.4 Å². The number of anilines is 1. The molecule has 6 heteroatoms. The second-order valence-electron chi connectivity index (χ2n) is 6.81. The number of thioether (sulfide) groups is 1. The quantitative estimate of drug-likeness (QED) is 0.542. The Bertz CT molecular complexity index is 1120. The van der Waals surface area contributed by atoms with E-state index in [4.69, 9.17) is 4.42 Å². The van der Waals surface area contributed by atoms with Gasteiger partial charge in [-0.15, -0.1) is 11.8 Å². The minimum absolute atomic E-state index is 0.345. The van der Waals surface area contributed by atoms with Gasteiger partial charge in [-0.25, -0.2) is 9.29 Å². The Balaban J connectivity index is 1.78. The minimum atomic E-state index is -0.428. The number of amides is 2. The summed E-state index contributed by atoms with van der Waals surface area (Å²) in [4.78, 5) is 28.0. The highest BCUT2D eigenvalue weighted by Crippen LogP contribution is 2.40. The number of carbonyl (C=O) groups is 2. The second-order valence-corrected chi connectivity index (χ2v) is 7.80. The number of aryl methyl sites for hydroxylation is 2. The number of carbonyl (C=O) groups excluding carboxylic acids is 2. The van der Waals surface area contributed by atoms with Gasteiger partial charge in [0.2, 0.25) is 0 Å². The predicted molar refractivity (Wildman–Crippen MR) is 112 cm³/mol. The largest absolute Gasteiger partial charge is 0.468 e. The molecule has 1 aromatic heterocycles. The van der Waals surface area contributed by atoms with Gasteiger partial charge < -0.3 is 4.42 Å². The van der Waals surface area contributed by atoms with Gasteiger partial charge in [0.15, 0.2) is 0 Å². The van der Waals surface area contributed by atoms with Crippen LogP contribution in [0.25, 0.3) is 5.57 Å². The Morgan fingerprint density at radius 1 is 1.00 bits per heavy atom. The highest BCUT2D eigenvalue weighted by Gasteiger charge is 2.40.